The number of thioether (sulfide) groups is 1. The number of halogens is 1. The van der Waals surface area contributed by atoms with Gasteiger partial charge >= 0.3 is 5.97 Å². The van der Waals surface area contributed by atoms with Crippen LogP contribution in [-0.4, -0.2) is 45.9 Å². The Labute approximate surface area is 259 Å². The number of amides is 1. The summed E-state index contributed by atoms with van der Waals surface area (Å²) in [6, 6.07) is 13.9. The minimum Gasteiger partial charge on any atom is -0.420 e. The molecule has 0 saturated carbocycles. The van der Waals surface area contributed by atoms with Crippen LogP contribution in [0.5, 0.6) is 5.75 Å². The molecule has 2 bridgehead atoms. The van der Waals surface area contributed by atoms with E-state index in [0.29, 0.717) is 24.3 Å². The van der Waals surface area contributed by atoms with Gasteiger partial charge in [0.25, 0.3) is 5.91 Å². The first kappa shape index (κ1) is 27.9. The molecular weight excluding hydrogens is 581 g/mol. The molecule has 10 heteroatoms. The number of hydrogen-bond donors (Lipinski definition) is 0. The summed E-state index contributed by atoms with van der Waals surface area (Å²) in [6.07, 6.45) is 4.75. The minimum absolute atomic E-state index is 0.00171. The standard InChI is InChI=1S/C34H34FN3O5S/c1-19(2)16-27(40)42-31-25(39)11-14-37-30(31)33(41)36-15-13-34-12-10-21(43-34)17-23(34)32(36)38(37)29-22-7-3-4-9-26(22)44-18-20-6-5-8-24(35)28(20)29/h3-9,11,14,19,21,23,29,32H,10,12-13,15-18H2,1-2H3/t21-,23+,29+,32+,34-/m0/s1. The van der Waals surface area contributed by atoms with Crippen molar-refractivity contribution in [1.82, 2.24) is 9.58 Å². The Balaban J connectivity index is 1.40. The maximum atomic E-state index is 16.2. The molecule has 5 aliphatic rings. The SMILES string of the molecule is CC(C)CC(=O)Oc1c2n(ccc1=O)N([C@@H]1c3ccccc3SCc3cccc(F)c31)[C@@H]1[C@H]3C[C@@H]4CC[C@@]3(CCN1C2=O)O4. The van der Waals surface area contributed by atoms with Crippen molar-refractivity contribution in [1.29, 1.82) is 0 Å². The highest BCUT2D eigenvalue weighted by Crippen LogP contribution is 2.57. The fourth-order valence-electron chi connectivity index (χ4n) is 8.22. The van der Waals surface area contributed by atoms with Gasteiger partial charge in [-0.15, -0.1) is 11.8 Å². The van der Waals surface area contributed by atoms with E-state index in [2.05, 4.69) is 11.1 Å². The minimum atomic E-state index is -0.632. The number of pyridine rings is 1. The molecule has 0 radical (unpaired) electrons. The third-order valence-corrected chi connectivity index (χ3v) is 11.2. The van der Waals surface area contributed by atoms with E-state index >= 15 is 4.39 Å². The molecule has 8 nitrogen and oxygen atoms in total. The monoisotopic (exact) mass is 615 g/mol. The van der Waals surface area contributed by atoms with Gasteiger partial charge in [0.05, 0.1) is 11.7 Å². The van der Waals surface area contributed by atoms with Crippen LogP contribution in [0.1, 0.15) is 79.2 Å². The highest BCUT2D eigenvalue weighted by atomic mass is 32.2. The van der Waals surface area contributed by atoms with Crippen molar-refractivity contribution in [3.05, 3.63) is 93.2 Å². The van der Waals surface area contributed by atoms with E-state index in [9.17, 15) is 14.4 Å². The van der Waals surface area contributed by atoms with Crippen molar-refractivity contribution in [3.8, 4) is 5.75 Å². The van der Waals surface area contributed by atoms with E-state index in [1.807, 2.05) is 43.0 Å². The second kappa shape index (κ2) is 10.2. The smallest absolute Gasteiger partial charge is 0.311 e. The first-order chi connectivity index (χ1) is 21.3. The Morgan fingerprint density at radius 3 is 2.80 bits per heavy atom. The van der Waals surface area contributed by atoms with Gasteiger partial charge in [-0.2, -0.15) is 0 Å². The van der Waals surface area contributed by atoms with Crippen LogP contribution in [-0.2, 0) is 15.3 Å². The Morgan fingerprint density at radius 1 is 1.14 bits per heavy atom. The van der Waals surface area contributed by atoms with Crippen molar-refractivity contribution in [3.63, 3.8) is 0 Å². The largest absolute Gasteiger partial charge is 0.420 e. The van der Waals surface area contributed by atoms with Gasteiger partial charge in [-0.25, -0.2) is 4.39 Å². The van der Waals surface area contributed by atoms with Gasteiger partial charge in [-0.3, -0.25) is 24.1 Å². The molecule has 3 fully saturated rings. The fourth-order valence-corrected chi connectivity index (χ4v) is 9.31. The zero-order valence-corrected chi connectivity index (χ0v) is 25.5. The molecule has 44 heavy (non-hydrogen) atoms. The topological polar surface area (TPSA) is 81.1 Å². The number of esters is 1. The van der Waals surface area contributed by atoms with Crippen LogP contribution in [0.4, 0.5) is 4.39 Å². The van der Waals surface area contributed by atoms with Gasteiger partial charge in [0.15, 0.2) is 5.69 Å². The summed E-state index contributed by atoms with van der Waals surface area (Å²) in [7, 11) is 0. The highest BCUT2D eigenvalue weighted by Gasteiger charge is 2.63. The number of piperidine rings is 1. The highest BCUT2D eigenvalue weighted by molar-refractivity contribution is 7.98. The maximum Gasteiger partial charge on any atom is 0.311 e. The summed E-state index contributed by atoms with van der Waals surface area (Å²) < 4.78 is 30.2. The first-order valence-electron chi connectivity index (χ1n) is 15.5. The molecule has 8 rings (SSSR count). The summed E-state index contributed by atoms with van der Waals surface area (Å²) >= 11 is 1.66. The molecule has 6 heterocycles. The molecule has 1 amide bonds. The molecule has 228 valence electrons. The number of carbonyl (C=O) groups excluding carboxylic acids is 2. The van der Waals surface area contributed by atoms with Crippen LogP contribution in [0.15, 0.2) is 64.4 Å². The summed E-state index contributed by atoms with van der Waals surface area (Å²) in [5.74, 6) is -0.947. The van der Waals surface area contributed by atoms with Gasteiger partial charge in [0.2, 0.25) is 11.2 Å². The predicted molar refractivity (Wildman–Crippen MR) is 163 cm³/mol. The number of hydrogen-bond acceptors (Lipinski definition) is 7. The third-order valence-electron chi connectivity index (χ3n) is 10.0. The van der Waals surface area contributed by atoms with Gasteiger partial charge in [0, 0.05) is 47.4 Å². The van der Waals surface area contributed by atoms with Gasteiger partial charge in [-0.05, 0) is 54.9 Å². The van der Waals surface area contributed by atoms with E-state index in [1.165, 1.54) is 12.1 Å². The van der Waals surface area contributed by atoms with Crippen molar-refractivity contribution in [2.24, 2.45) is 11.8 Å². The number of benzene rings is 2. The third kappa shape index (κ3) is 4.10. The lowest BCUT2D eigenvalue weighted by atomic mass is 9.71. The van der Waals surface area contributed by atoms with Gasteiger partial charge in [0.1, 0.15) is 18.0 Å². The van der Waals surface area contributed by atoms with E-state index < -0.39 is 23.6 Å². The molecule has 5 aliphatic heterocycles. The Kier molecular flexibility index (Phi) is 6.47. The van der Waals surface area contributed by atoms with Crippen LogP contribution in [0, 0.1) is 17.7 Å². The predicted octanol–water partition coefficient (Wildman–Crippen LogP) is 5.40. The lowest BCUT2D eigenvalue weighted by Crippen LogP contribution is -2.70. The fraction of sp³-hybridized carbons (Fsp3) is 0.441. The van der Waals surface area contributed by atoms with E-state index in [4.69, 9.17) is 9.47 Å². The van der Waals surface area contributed by atoms with Crippen LogP contribution in [0.3, 0.4) is 0 Å². The number of fused-ring (bicyclic) bond motifs is 6. The van der Waals surface area contributed by atoms with E-state index in [-0.39, 0.29) is 53.1 Å². The molecule has 5 atom stereocenters. The van der Waals surface area contributed by atoms with Crippen molar-refractivity contribution >= 4 is 23.6 Å². The lowest BCUT2D eigenvalue weighted by molar-refractivity contribution is -0.135. The Hall–Kier alpha value is -3.63. The zero-order valence-electron chi connectivity index (χ0n) is 24.7. The number of aromatic nitrogens is 1. The Bertz CT molecular complexity index is 1760. The molecule has 0 unspecified atom stereocenters. The van der Waals surface area contributed by atoms with Gasteiger partial charge < -0.3 is 14.4 Å². The number of nitrogens with zero attached hydrogens (tertiary/aromatic N) is 3. The van der Waals surface area contributed by atoms with Gasteiger partial charge in [-0.1, -0.05) is 44.2 Å². The van der Waals surface area contributed by atoms with Crippen molar-refractivity contribution in [2.75, 3.05) is 11.6 Å². The van der Waals surface area contributed by atoms with Crippen molar-refractivity contribution in [2.45, 2.75) is 80.5 Å². The summed E-state index contributed by atoms with van der Waals surface area (Å²) in [5.41, 5.74) is 1.44. The summed E-state index contributed by atoms with van der Waals surface area (Å²) in [4.78, 5) is 43.6. The second-order valence-electron chi connectivity index (χ2n) is 13.0. The van der Waals surface area contributed by atoms with Crippen molar-refractivity contribution < 1.29 is 23.5 Å². The molecule has 1 aromatic heterocycles. The quantitative estimate of drug-likeness (QED) is 0.364. The average Bonchev–Trinajstić information content (AvgIpc) is 3.53. The summed E-state index contributed by atoms with van der Waals surface area (Å²) in [6.45, 7) is 4.19. The van der Waals surface area contributed by atoms with Crippen LogP contribution < -0.4 is 15.2 Å². The van der Waals surface area contributed by atoms with Crippen LogP contribution in [0.2, 0.25) is 0 Å². The number of rotatable bonds is 4. The summed E-state index contributed by atoms with van der Waals surface area (Å²) in [5, 5.41) is 2.08. The second-order valence-corrected chi connectivity index (χ2v) is 14.1. The molecule has 2 aromatic carbocycles. The lowest BCUT2D eigenvalue weighted by Gasteiger charge is -2.57. The average molecular weight is 616 g/mol. The van der Waals surface area contributed by atoms with Crippen LogP contribution >= 0.6 is 11.8 Å². The van der Waals surface area contributed by atoms with Crippen LogP contribution in [0.25, 0.3) is 0 Å². The number of ether oxygens (including phenoxy) is 2. The molecular formula is C34H34FN3O5S. The molecule has 3 aromatic rings. The normalized spacial score (nSPS) is 28.1. The molecule has 1 spiro atoms. The first-order valence-corrected chi connectivity index (χ1v) is 16.5. The molecule has 3 saturated heterocycles. The van der Waals surface area contributed by atoms with E-state index in [0.717, 1.165) is 35.3 Å². The number of carbonyl (C=O) groups is 2. The van der Waals surface area contributed by atoms with E-state index in [1.54, 1.807) is 28.7 Å². The molecule has 0 aliphatic carbocycles. The molecule has 0 N–H and O–H groups in total. The zero-order chi connectivity index (χ0) is 30.3. The Morgan fingerprint density at radius 2 is 1.98 bits per heavy atom. The maximum absolute atomic E-state index is 16.2.